The molecule has 0 amide bonds. The number of likely N-dealkylation sites (N-methyl/N-ethyl adjacent to an activating group) is 2. The van der Waals surface area contributed by atoms with Crippen molar-refractivity contribution in [3.05, 3.63) is 29.1 Å². The molecule has 0 aliphatic carbocycles. The molecule has 0 N–H and O–H groups in total. The topological polar surface area (TPSA) is 9.72 Å². The van der Waals surface area contributed by atoms with Crippen molar-refractivity contribution >= 4 is 6.48 Å². The molecule has 0 fully saturated rings. The van der Waals surface area contributed by atoms with Crippen molar-refractivity contribution in [1.29, 1.82) is 0 Å². The molecule has 110 valence electrons. The van der Waals surface area contributed by atoms with Gasteiger partial charge >= 0.3 is 18.9 Å². The summed E-state index contributed by atoms with van der Waals surface area (Å²) in [5.74, 6) is 4.54. The Morgan fingerprint density at radius 1 is 0.800 bits per heavy atom. The second-order valence-electron chi connectivity index (χ2n) is 6.03. The van der Waals surface area contributed by atoms with Crippen LogP contribution in [0.5, 0.6) is 0 Å². The van der Waals surface area contributed by atoms with Crippen molar-refractivity contribution in [3.8, 4) is 0 Å². The molecule has 0 saturated carbocycles. The Balaban J connectivity index is 0. The third kappa shape index (κ3) is 11.6. The predicted octanol–water partition coefficient (Wildman–Crippen LogP) is -1.36. The zero-order chi connectivity index (χ0) is 15.0. The van der Waals surface area contributed by atoms with E-state index in [1.165, 1.54) is 11.1 Å². The molecule has 20 heavy (non-hydrogen) atoms. The first-order valence-electron chi connectivity index (χ1n) is 6.90. The van der Waals surface area contributed by atoms with Crippen LogP contribution in [-0.2, 0) is 0 Å². The van der Waals surface area contributed by atoms with Crippen molar-refractivity contribution in [2.24, 2.45) is 0 Å². The molecule has 0 atom stereocenters. The fourth-order valence-electron chi connectivity index (χ4n) is 1.74. The molecule has 0 spiro atoms. The van der Waals surface area contributed by atoms with E-state index in [9.17, 15) is 0 Å². The van der Waals surface area contributed by atoms with E-state index in [1.807, 2.05) is 0 Å². The molecule has 0 radical (unpaired) electrons. The van der Waals surface area contributed by atoms with E-state index in [2.05, 4.69) is 88.7 Å². The van der Waals surface area contributed by atoms with Crippen LogP contribution in [0.1, 0.15) is 11.1 Å². The van der Waals surface area contributed by atoms with E-state index in [1.54, 1.807) is 0 Å². The van der Waals surface area contributed by atoms with Crippen molar-refractivity contribution in [2.45, 2.75) is 13.8 Å². The molecule has 0 unspecified atom stereocenters. The Bertz CT molecular complexity index is 340. The maximum Gasteiger partial charge on any atom is 1.00 e. The van der Waals surface area contributed by atoms with Crippen molar-refractivity contribution < 1.29 is 18.9 Å². The summed E-state index contributed by atoms with van der Waals surface area (Å²) in [6.45, 7) is 7.07. The van der Waals surface area contributed by atoms with Crippen LogP contribution in [0.2, 0.25) is 0 Å². The van der Waals surface area contributed by atoms with E-state index in [0.717, 1.165) is 13.1 Å². The van der Waals surface area contributed by atoms with E-state index < -0.39 is 0 Å². The summed E-state index contributed by atoms with van der Waals surface area (Å²) in [7, 11) is 12.5. The van der Waals surface area contributed by atoms with Gasteiger partial charge in [0, 0.05) is 13.1 Å². The second-order valence-corrected chi connectivity index (χ2v) is 6.03. The molecular formula is C15H31BLiN3. The fourth-order valence-corrected chi connectivity index (χ4v) is 1.74. The molecule has 1 aromatic heterocycles. The Kier molecular flexibility index (Phi) is 12.5. The third-order valence-electron chi connectivity index (χ3n) is 2.91. The van der Waals surface area contributed by atoms with Crippen molar-refractivity contribution in [3.63, 3.8) is 0 Å². The molecule has 5 heteroatoms. The van der Waals surface area contributed by atoms with E-state index >= 15 is 0 Å². The molecule has 3 nitrogen and oxygen atoms in total. The van der Waals surface area contributed by atoms with Crippen LogP contribution < -0.4 is 23.7 Å². The minimum atomic E-state index is 0. The quantitative estimate of drug-likeness (QED) is 0.626. The molecule has 0 bridgehead atoms. The van der Waals surface area contributed by atoms with E-state index in [-0.39, 0.29) is 18.9 Å². The normalized spacial score (nSPS) is 9.90. The van der Waals surface area contributed by atoms with Crippen LogP contribution in [-0.4, -0.2) is 71.7 Å². The Labute approximate surface area is 138 Å². The summed E-state index contributed by atoms with van der Waals surface area (Å²) in [5, 5.41) is 0. The number of hydrogen-bond donors (Lipinski definition) is 0. The maximum atomic E-state index is 2.27. The largest absolute Gasteiger partial charge is 1.00 e. The SMILES string of the molecule is CN(C)CCN(C)C.Cc1c[b-](N(C)C)cc(C)c1.[Li+]. The number of rotatable bonds is 4. The smallest absolute Gasteiger partial charge is 0.588 e. The Morgan fingerprint density at radius 3 is 1.40 bits per heavy atom. The van der Waals surface area contributed by atoms with Gasteiger partial charge in [0.05, 0.1) is 0 Å². The molecular weight excluding hydrogens is 240 g/mol. The van der Waals surface area contributed by atoms with Gasteiger partial charge in [-0.1, -0.05) is 17.2 Å². The van der Waals surface area contributed by atoms with E-state index in [4.69, 9.17) is 0 Å². The minimum absolute atomic E-state index is 0. The van der Waals surface area contributed by atoms with Crippen LogP contribution >= 0.6 is 0 Å². The maximum absolute atomic E-state index is 2.27. The molecule has 1 rings (SSSR count). The Hall–Kier alpha value is -0.268. The molecule has 0 aromatic carbocycles. The summed E-state index contributed by atoms with van der Waals surface area (Å²) >= 11 is 0. The molecule has 1 heterocycles. The van der Waals surface area contributed by atoms with Crippen molar-refractivity contribution in [1.82, 2.24) is 9.80 Å². The summed E-state index contributed by atoms with van der Waals surface area (Å²) in [6, 6.07) is 2.21. The van der Waals surface area contributed by atoms with E-state index in [0.29, 0.717) is 6.48 Å². The zero-order valence-electron chi connectivity index (χ0n) is 15.1. The predicted molar refractivity (Wildman–Crippen MR) is 89.0 cm³/mol. The van der Waals surface area contributed by atoms with Gasteiger partial charge in [0.1, 0.15) is 0 Å². The molecule has 0 aliphatic rings. The summed E-state index contributed by atoms with van der Waals surface area (Å²) in [6.07, 6.45) is 0. The van der Waals surface area contributed by atoms with Crippen LogP contribution in [0, 0.1) is 13.8 Å². The summed E-state index contributed by atoms with van der Waals surface area (Å²) in [4.78, 5) is 6.57. The average Bonchev–Trinajstić information content (AvgIpc) is 2.25. The molecule has 0 saturated heterocycles. The monoisotopic (exact) mass is 271 g/mol. The van der Waals surface area contributed by atoms with Gasteiger partial charge in [0.25, 0.3) is 0 Å². The standard InChI is InChI=1S/C9H15BN.C6H16N2.Li/c1-8-5-9(2)7-10(6-8)11(3)4;1-7(2)5-6-8(3)4;/h5-7H,1-4H3;5-6H2,1-4H3;/q-1;;+1. The fraction of sp³-hybridized carbons (Fsp3) is 0.667. The molecule has 0 aliphatic heterocycles. The van der Waals surface area contributed by atoms with Crippen LogP contribution in [0.25, 0.3) is 0 Å². The average molecular weight is 271 g/mol. The Morgan fingerprint density at radius 2 is 1.15 bits per heavy atom. The van der Waals surface area contributed by atoms with Gasteiger partial charge in [-0.3, -0.25) is 0 Å². The zero-order valence-corrected chi connectivity index (χ0v) is 15.1. The minimum Gasteiger partial charge on any atom is -0.588 e. The number of aryl methyl sites for hydroxylation is 2. The third-order valence-corrected chi connectivity index (χ3v) is 2.91. The van der Waals surface area contributed by atoms with Crippen LogP contribution in [0.4, 0.5) is 0 Å². The number of hydrogen-bond acceptors (Lipinski definition) is 3. The summed E-state index contributed by atoms with van der Waals surface area (Å²) < 4.78 is 0. The first kappa shape index (κ1) is 22.0. The first-order valence-corrected chi connectivity index (χ1v) is 6.90. The first-order chi connectivity index (χ1) is 8.72. The second kappa shape index (κ2) is 11.4. The number of nitrogens with zero attached hydrogens (tertiary/aromatic N) is 3. The van der Waals surface area contributed by atoms with Gasteiger partial charge in [-0.05, 0) is 62.6 Å². The summed E-state index contributed by atoms with van der Waals surface area (Å²) in [5.41, 5.74) is 2.73. The van der Waals surface area contributed by atoms with Crippen molar-refractivity contribution in [2.75, 3.05) is 60.2 Å². The van der Waals surface area contributed by atoms with Gasteiger partial charge in [0.15, 0.2) is 0 Å². The van der Waals surface area contributed by atoms with Gasteiger partial charge < -0.3 is 14.6 Å². The van der Waals surface area contributed by atoms with Gasteiger partial charge in [0.2, 0.25) is 0 Å². The van der Waals surface area contributed by atoms with Gasteiger partial charge in [-0.25, -0.2) is 11.9 Å². The van der Waals surface area contributed by atoms with Gasteiger partial charge in [-0.2, -0.15) is 0 Å². The molecule has 1 aromatic rings. The van der Waals surface area contributed by atoms with Crippen LogP contribution in [0.3, 0.4) is 0 Å². The van der Waals surface area contributed by atoms with Gasteiger partial charge in [-0.15, -0.1) is 0 Å². The van der Waals surface area contributed by atoms with Crippen LogP contribution in [0.15, 0.2) is 18.0 Å².